The van der Waals surface area contributed by atoms with Crippen molar-refractivity contribution in [1.82, 2.24) is 0 Å². The van der Waals surface area contributed by atoms with Gasteiger partial charge in [-0.1, -0.05) is 12.1 Å². The molecule has 2 aromatic carbocycles. The van der Waals surface area contributed by atoms with E-state index in [9.17, 15) is 14.9 Å². The lowest BCUT2D eigenvalue weighted by molar-refractivity contribution is -0.384. The van der Waals surface area contributed by atoms with Crippen molar-refractivity contribution in [3.63, 3.8) is 0 Å². The van der Waals surface area contributed by atoms with E-state index in [2.05, 4.69) is 15.8 Å². The van der Waals surface area contributed by atoms with Crippen molar-refractivity contribution in [3.8, 4) is 0 Å². The molecule has 2 N–H and O–H groups in total. The molecule has 0 aliphatic heterocycles. The molecule has 7 heteroatoms. The first-order valence-corrected chi connectivity index (χ1v) is 6.89. The van der Waals surface area contributed by atoms with Crippen molar-refractivity contribution in [1.29, 1.82) is 0 Å². The number of anilines is 2. The SMILES string of the molecule is CNc1ccccc(C(C)=NNc2ccc([N+](=O)[O-])cc2)c1=O. The molecule has 0 bridgehead atoms. The van der Waals surface area contributed by atoms with Gasteiger partial charge in [-0.2, -0.15) is 5.10 Å². The summed E-state index contributed by atoms with van der Waals surface area (Å²) in [6.07, 6.45) is 0. The maximum absolute atomic E-state index is 12.3. The van der Waals surface area contributed by atoms with E-state index in [0.29, 0.717) is 22.6 Å². The van der Waals surface area contributed by atoms with Gasteiger partial charge in [0.25, 0.3) is 5.69 Å². The predicted molar refractivity (Wildman–Crippen MR) is 91.2 cm³/mol. The van der Waals surface area contributed by atoms with Crippen LogP contribution in [0, 0.1) is 10.1 Å². The fourth-order valence-corrected chi connectivity index (χ4v) is 1.95. The molecule has 0 aromatic heterocycles. The summed E-state index contributed by atoms with van der Waals surface area (Å²) in [5.41, 5.74) is 4.70. The summed E-state index contributed by atoms with van der Waals surface area (Å²) < 4.78 is 0. The fraction of sp³-hybridized carbons (Fsp3) is 0.125. The second kappa shape index (κ2) is 7.17. The number of hydrazone groups is 1. The number of hydrogen-bond acceptors (Lipinski definition) is 6. The lowest BCUT2D eigenvalue weighted by Gasteiger charge is -2.03. The number of nitro groups is 1. The van der Waals surface area contributed by atoms with Gasteiger partial charge in [0.15, 0.2) is 0 Å². The number of nitrogens with zero attached hydrogens (tertiary/aromatic N) is 2. The molecule has 0 unspecified atom stereocenters. The first-order valence-electron chi connectivity index (χ1n) is 6.89. The van der Waals surface area contributed by atoms with Gasteiger partial charge in [-0.15, -0.1) is 0 Å². The van der Waals surface area contributed by atoms with Gasteiger partial charge in [0.1, 0.15) is 0 Å². The maximum Gasteiger partial charge on any atom is 0.269 e. The van der Waals surface area contributed by atoms with Crippen molar-refractivity contribution >= 4 is 22.8 Å². The minimum Gasteiger partial charge on any atom is -0.385 e. The zero-order valence-electron chi connectivity index (χ0n) is 12.7. The predicted octanol–water partition coefficient (Wildman–Crippen LogP) is 2.83. The first kappa shape index (κ1) is 16.2. The topological polar surface area (TPSA) is 96.6 Å². The molecule has 0 spiro atoms. The molecule has 0 heterocycles. The van der Waals surface area contributed by atoms with Crippen LogP contribution in [-0.4, -0.2) is 17.7 Å². The molecule has 0 aliphatic carbocycles. The van der Waals surface area contributed by atoms with Crippen LogP contribution in [0.4, 0.5) is 17.1 Å². The van der Waals surface area contributed by atoms with E-state index in [1.54, 1.807) is 50.4 Å². The summed E-state index contributed by atoms with van der Waals surface area (Å²) in [7, 11) is 1.68. The van der Waals surface area contributed by atoms with E-state index >= 15 is 0 Å². The molecule has 2 rings (SSSR count). The Morgan fingerprint density at radius 3 is 2.39 bits per heavy atom. The second-order valence-corrected chi connectivity index (χ2v) is 4.74. The van der Waals surface area contributed by atoms with Gasteiger partial charge in [-0.05, 0) is 31.2 Å². The Morgan fingerprint density at radius 1 is 1.13 bits per heavy atom. The third-order valence-electron chi connectivity index (χ3n) is 3.22. The van der Waals surface area contributed by atoms with Gasteiger partial charge in [-0.3, -0.25) is 20.3 Å². The minimum absolute atomic E-state index is 0.00634. The Hall–Kier alpha value is -3.22. The third kappa shape index (κ3) is 3.91. The van der Waals surface area contributed by atoms with E-state index < -0.39 is 4.92 Å². The number of non-ortho nitro benzene ring substituents is 1. The monoisotopic (exact) mass is 312 g/mol. The molecule has 0 amide bonds. The molecular weight excluding hydrogens is 296 g/mol. The zero-order chi connectivity index (χ0) is 16.8. The van der Waals surface area contributed by atoms with Crippen LogP contribution in [0.25, 0.3) is 0 Å². The minimum atomic E-state index is -0.467. The van der Waals surface area contributed by atoms with Gasteiger partial charge in [0.2, 0.25) is 5.43 Å². The van der Waals surface area contributed by atoms with E-state index in [4.69, 9.17) is 0 Å². The van der Waals surface area contributed by atoms with Crippen molar-refractivity contribution < 1.29 is 4.92 Å². The standard InChI is InChI=1S/C16H16N4O3/c1-11(14-5-3-4-6-15(17-2)16(14)21)18-19-12-7-9-13(10-8-12)20(22)23/h3-10,19H,1-2H3,(H,17,21). The highest BCUT2D eigenvalue weighted by Gasteiger charge is 2.06. The van der Waals surface area contributed by atoms with Crippen LogP contribution in [0.2, 0.25) is 0 Å². The van der Waals surface area contributed by atoms with E-state index in [1.165, 1.54) is 12.1 Å². The highest BCUT2D eigenvalue weighted by molar-refractivity contribution is 5.99. The summed E-state index contributed by atoms with van der Waals surface area (Å²) in [6, 6.07) is 12.8. The highest BCUT2D eigenvalue weighted by Crippen LogP contribution is 2.15. The Kier molecular flexibility index (Phi) is 5.03. The Morgan fingerprint density at radius 2 is 1.78 bits per heavy atom. The van der Waals surface area contributed by atoms with Crippen LogP contribution in [0.5, 0.6) is 0 Å². The zero-order valence-corrected chi connectivity index (χ0v) is 12.7. The number of hydrogen-bond donors (Lipinski definition) is 2. The van der Waals surface area contributed by atoms with Crippen molar-refractivity contribution in [2.24, 2.45) is 5.10 Å². The van der Waals surface area contributed by atoms with Crippen molar-refractivity contribution in [3.05, 3.63) is 74.4 Å². The Balaban J connectivity index is 2.26. The number of rotatable bonds is 5. The molecule has 7 nitrogen and oxygen atoms in total. The van der Waals surface area contributed by atoms with Gasteiger partial charge in [0, 0.05) is 24.7 Å². The van der Waals surface area contributed by atoms with Gasteiger partial charge in [0.05, 0.1) is 22.0 Å². The quantitative estimate of drug-likeness (QED) is 0.503. The molecule has 2 aromatic rings. The molecular formula is C16H16N4O3. The fourth-order valence-electron chi connectivity index (χ4n) is 1.95. The van der Waals surface area contributed by atoms with Crippen LogP contribution in [0.15, 0.2) is 58.4 Å². The Labute approximate surface area is 132 Å². The van der Waals surface area contributed by atoms with Crippen LogP contribution in [-0.2, 0) is 0 Å². The van der Waals surface area contributed by atoms with Gasteiger partial charge >= 0.3 is 0 Å². The smallest absolute Gasteiger partial charge is 0.269 e. The first-order chi connectivity index (χ1) is 11.0. The molecule has 0 saturated heterocycles. The molecule has 23 heavy (non-hydrogen) atoms. The molecule has 0 fully saturated rings. The molecule has 0 radical (unpaired) electrons. The highest BCUT2D eigenvalue weighted by atomic mass is 16.6. The van der Waals surface area contributed by atoms with Crippen molar-refractivity contribution in [2.45, 2.75) is 6.92 Å². The third-order valence-corrected chi connectivity index (χ3v) is 3.22. The van der Waals surface area contributed by atoms with E-state index in [1.807, 2.05) is 0 Å². The molecule has 118 valence electrons. The van der Waals surface area contributed by atoms with E-state index in [-0.39, 0.29) is 11.1 Å². The average Bonchev–Trinajstić information content (AvgIpc) is 2.74. The molecule has 0 atom stereocenters. The summed E-state index contributed by atoms with van der Waals surface area (Å²) in [6.45, 7) is 1.72. The van der Waals surface area contributed by atoms with Gasteiger partial charge in [-0.25, -0.2) is 0 Å². The van der Waals surface area contributed by atoms with Gasteiger partial charge < -0.3 is 5.32 Å². The maximum atomic E-state index is 12.3. The lowest BCUT2D eigenvalue weighted by atomic mass is 10.2. The average molecular weight is 312 g/mol. The summed E-state index contributed by atoms with van der Waals surface area (Å²) in [5, 5.41) is 17.6. The van der Waals surface area contributed by atoms with Crippen LogP contribution in [0.1, 0.15) is 12.5 Å². The van der Waals surface area contributed by atoms with Crippen LogP contribution < -0.4 is 16.2 Å². The summed E-state index contributed by atoms with van der Waals surface area (Å²) in [5.74, 6) is 0. The van der Waals surface area contributed by atoms with E-state index in [0.717, 1.165) is 0 Å². The van der Waals surface area contributed by atoms with Crippen LogP contribution >= 0.6 is 0 Å². The Bertz CT molecular complexity index is 801. The lowest BCUT2D eigenvalue weighted by Crippen LogP contribution is -2.15. The molecule has 0 aliphatic rings. The van der Waals surface area contributed by atoms with Crippen LogP contribution in [0.3, 0.4) is 0 Å². The normalized spacial score (nSPS) is 11.0. The second-order valence-electron chi connectivity index (χ2n) is 4.74. The van der Waals surface area contributed by atoms with Crippen molar-refractivity contribution in [2.75, 3.05) is 17.8 Å². The number of nitro benzene ring substituents is 1. The number of nitrogens with one attached hydrogen (secondary N) is 2. The number of benzene rings is 1. The summed E-state index contributed by atoms with van der Waals surface area (Å²) >= 11 is 0. The summed E-state index contributed by atoms with van der Waals surface area (Å²) in [4.78, 5) is 22.5. The largest absolute Gasteiger partial charge is 0.385 e. The molecule has 0 saturated carbocycles.